The van der Waals surface area contributed by atoms with Crippen molar-refractivity contribution in [2.45, 2.75) is 19.3 Å². The van der Waals surface area contributed by atoms with Gasteiger partial charge < -0.3 is 4.57 Å². The van der Waals surface area contributed by atoms with Gasteiger partial charge in [-0.05, 0) is 110 Å². The van der Waals surface area contributed by atoms with Crippen LogP contribution >= 0.6 is 0 Å². The first-order valence-corrected chi connectivity index (χ1v) is 17.4. The third-order valence-corrected chi connectivity index (χ3v) is 10.9. The molecule has 0 radical (unpaired) electrons. The summed E-state index contributed by atoms with van der Waals surface area (Å²) in [5.74, 6) is 0. The molecule has 0 spiro atoms. The van der Waals surface area contributed by atoms with Gasteiger partial charge in [0.05, 0.1) is 16.6 Å². The molecule has 0 unspecified atom stereocenters. The van der Waals surface area contributed by atoms with E-state index in [-0.39, 0.29) is 5.41 Å². The van der Waals surface area contributed by atoms with Crippen LogP contribution in [0.1, 0.15) is 25.0 Å². The lowest BCUT2D eigenvalue weighted by Crippen LogP contribution is -2.14. The van der Waals surface area contributed by atoms with Gasteiger partial charge in [-0.15, -0.1) is 0 Å². The Morgan fingerprint density at radius 3 is 1.92 bits per heavy atom. The standard InChI is InChI=1S/C48H34N2/c1-48(2)42-19-8-6-17-39(42)47-37(18-11-20-43(47)48)34-23-25-46-41(30-34)40-29-32(22-24-45(40)50(46)35-14-4-3-5-15-35)31-12-10-13-33(28-31)36-26-27-49-44-21-9-7-16-38(36)44/h3-30H,1-2H3. The number of rotatable bonds is 4. The van der Waals surface area contributed by atoms with Crippen molar-refractivity contribution in [3.05, 3.63) is 181 Å². The minimum absolute atomic E-state index is 0.0403. The van der Waals surface area contributed by atoms with Crippen LogP contribution in [0.3, 0.4) is 0 Å². The predicted octanol–water partition coefficient (Wildman–Crippen LogP) is 12.6. The molecule has 0 aliphatic heterocycles. The van der Waals surface area contributed by atoms with Crippen molar-refractivity contribution < 1.29 is 0 Å². The van der Waals surface area contributed by atoms with E-state index in [4.69, 9.17) is 0 Å². The molecule has 236 valence electrons. The SMILES string of the molecule is CC1(C)c2ccccc2-c2c(-c3ccc4c(c3)c3cc(-c5cccc(-c6ccnc7ccccc67)c5)ccc3n4-c3ccccc3)cccc21. The molecule has 0 fully saturated rings. The first-order valence-electron chi connectivity index (χ1n) is 17.4. The van der Waals surface area contributed by atoms with Gasteiger partial charge in [0.25, 0.3) is 0 Å². The quantitative estimate of drug-likeness (QED) is 0.188. The van der Waals surface area contributed by atoms with Crippen LogP contribution in [0.4, 0.5) is 0 Å². The van der Waals surface area contributed by atoms with E-state index in [1.807, 2.05) is 12.3 Å². The Hall–Kier alpha value is -6.25. The van der Waals surface area contributed by atoms with Crippen LogP contribution in [0.25, 0.3) is 82.9 Å². The zero-order valence-corrected chi connectivity index (χ0v) is 28.1. The molecule has 0 bridgehead atoms. The summed E-state index contributed by atoms with van der Waals surface area (Å²) in [5.41, 5.74) is 17.4. The highest BCUT2D eigenvalue weighted by molar-refractivity contribution is 6.12. The third kappa shape index (κ3) is 4.25. The molecular formula is C48H34N2. The van der Waals surface area contributed by atoms with Gasteiger partial charge in [0.15, 0.2) is 0 Å². The van der Waals surface area contributed by atoms with Crippen LogP contribution in [-0.2, 0) is 5.41 Å². The molecule has 7 aromatic carbocycles. The van der Waals surface area contributed by atoms with Crippen molar-refractivity contribution in [1.82, 2.24) is 9.55 Å². The monoisotopic (exact) mass is 638 g/mol. The molecule has 50 heavy (non-hydrogen) atoms. The molecule has 2 heterocycles. The van der Waals surface area contributed by atoms with E-state index in [0.29, 0.717) is 0 Å². The van der Waals surface area contributed by atoms with Crippen LogP contribution in [-0.4, -0.2) is 9.55 Å². The molecule has 0 amide bonds. The van der Waals surface area contributed by atoms with Crippen molar-refractivity contribution in [1.29, 1.82) is 0 Å². The largest absolute Gasteiger partial charge is 0.309 e. The van der Waals surface area contributed by atoms with Crippen molar-refractivity contribution in [2.24, 2.45) is 0 Å². The normalized spacial score (nSPS) is 13.2. The Balaban J connectivity index is 1.18. The second-order valence-corrected chi connectivity index (χ2v) is 14.0. The number of pyridine rings is 1. The van der Waals surface area contributed by atoms with E-state index in [0.717, 1.165) is 11.2 Å². The summed E-state index contributed by atoms with van der Waals surface area (Å²) in [6, 6.07) is 59.9. The highest BCUT2D eigenvalue weighted by atomic mass is 15.0. The van der Waals surface area contributed by atoms with Gasteiger partial charge in [0.1, 0.15) is 0 Å². The second-order valence-electron chi connectivity index (χ2n) is 14.0. The summed E-state index contributed by atoms with van der Waals surface area (Å²) >= 11 is 0. The van der Waals surface area contributed by atoms with Gasteiger partial charge >= 0.3 is 0 Å². The van der Waals surface area contributed by atoms with Crippen LogP contribution in [0.5, 0.6) is 0 Å². The summed E-state index contributed by atoms with van der Waals surface area (Å²) < 4.78 is 2.41. The Kier molecular flexibility index (Phi) is 6.25. The Morgan fingerprint density at radius 2 is 1.06 bits per heavy atom. The molecule has 9 aromatic rings. The average Bonchev–Trinajstić information content (AvgIpc) is 3.62. The number of nitrogens with zero attached hydrogens (tertiary/aromatic N) is 2. The van der Waals surface area contributed by atoms with Crippen LogP contribution in [0.15, 0.2) is 170 Å². The van der Waals surface area contributed by atoms with E-state index in [1.165, 1.54) is 82.8 Å². The van der Waals surface area contributed by atoms with Gasteiger partial charge in [-0.2, -0.15) is 0 Å². The minimum atomic E-state index is -0.0403. The summed E-state index contributed by atoms with van der Waals surface area (Å²) in [7, 11) is 0. The zero-order valence-electron chi connectivity index (χ0n) is 28.1. The maximum Gasteiger partial charge on any atom is 0.0708 e. The number of hydrogen-bond donors (Lipinski definition) is 0. The van der Waals surface area contributed by atoms with Gasteiger partial charge in [0, 0.05) is 33.5 Å². The average molecular weight is 639 g/mol. The molecule has 1 aliphatic carbocycles. The molecule has 10 rings (SSSR count). The van der Waals surface area contributed by atoms with Crippen molar-refractivity contribution >= 4 is 32.7 Å². The molecular weight excluding hydrogens is 605 g/mol. The van der Waals surface area contributed by atoms with Gasteiger partial charge in [-0.3, -0.25) is 4.98 Å². The lowest BCUT2D eigenvalue weighted by Gasteiger charge is -2.21. The molecule has 0 atom stereocenters. The van der Waals surface area contributed by atoms with Crippen LogP contribution in [0, 0.1) is 0 Å². The van der Waals surface area contributed by atoms with E-state index < -0.39 is 0 Å². The third-order valence-electron chi connectivity index (χ3n) is 10.9. The summed E-state index contributed by atoms with van der Waals surface area (Å²) in [6.45, 7) is 4.71. The number of fused-ring (bicyclic) bond motifs is 7. The van der Waals surface area contributed by atoms with E-state index in [9.17, 15) is 0 Å². The molecule has 0 saturated carbocycles. The summed E-state index contributed by atoms with van der Waals surface area (Å²) in [4.78, 5) is 4.60. The second kappa shape index (κ2) is 10.9. The lowest BCUT2D eigenvalue weighted by molar-refractivity contribution is 0.660. The molecule has 2 nitrogen and oxygen atoms in total. The highest BCUT2D eigenvalue weighted by Gasteiger charge is 2.36. The maximum atomic E-state index is 4.60. The fourth-order valence-electron chi connectivity index (χ4n) is 8.43. The summed E-state index contributed by atoms with van der Waals surface area (Å²) in [6.07, 6.45) is 1.91. The van der Waals surface area contributed by atoms with Gasteiger partial charge in [-0.25, -0.2) is 0 Å². The van der Waals surface area contributed by atoms with Crippen molar-refractivity contribution in [3.8, 4) is 50.2 Å². The predicted molar refractivity (Wildman–Crippen MR) is 210 cm³/mol. The Labute approximate surface area is 291 Å². The molecule has 1 aliphatic rings. The zero-order chi connectivity index (χ0) is 33.4. The van der Waals surface area contributed by atoms with E-state index in [2.05, 4.69) is 181 Å². The minimum Gasteiger partial charge on any atom is -0.309 e. The van der Waals surface area contributed by atoms with Crippen molar-refractivity contribution in [2.75, 3.05) is 0 Å². The van der Waals surface area contributed by atoms with Crippen LogP contribution in [0.2, 0.25) is 0 Å². The van der Waals surface area contributed by atoms with E-state index >= 15 is 0 Å². The molecule has 2 heteroatoms. The van der Waals surface area contributed by atoms with Crippen molar-refractivity contribution in [3.63, 3.8) is 0 Å². The molecule has 0 N–H and O–H groups in total. The summed E-state index contributed by atoms with van der Waals surface area (Å²) in [5, 5.41) is 3.67. The smallest absolute Gasteiger partial charge is 0.0708 e. The molecule has 2 aromatic heterocycles. The van der Waals surface area contributed by atoms with Gasteiger partial charge in [0.2, 0.25) is 0 Å². The fourth-order valence-corrected chi connectivity index (χ4v) is 8.43. The number of aromatic nitrogens is 2. The van der Waals surface area contributed by atoms with Crippen LogP contribution < -0.4 is 0 Å². The number of hydrogen-bond acceptors (Lipinski definition) is 1. The first kappa shape index (κ1) is 28.7. The maximum absolute atomic E-state index is 4.60. The topological polar surface area (TPSA) is 17.8 Å². The molecule has 0 saturated heterocycles. The fraction of sp³-hybridized carbons (Fsp3) is 0.0625. The van der Waals surface area contributed by atoms with Gasteiger partial charge in [-0.1, -0.05) is 123 Å². The first-order chi connectivity index (χ1) is 24.6. The van der Waals surface area contributed by atoms with E-state index in [1.54, 1.807) is 0 Å². The number of para-hydroxylation sites is 2. The lowest BCUT2D eigenvalue weighted by atomic mass is 9.82. The number of benzene rings is 7. The highest BCUT2D eigenvalue weighted by Crippen LogP contribution is 2.52. The Bertz CT molecular complexity index is 2780. The Morgan fingerprint density at radius 1 is 0.440 bits per heavy atom.